The lowest BCUT2D eigenvalue weighted by molar-refractivity contribution is -0.134. The first-order valence-electron chi connectivity index (χ1n) is 19.5. The van der Waals surface area contributed by atoms with Crippen LogP contribution in [-0.4, -0.2) is 92.5 Å². The van der Waals surface area contributed by atoms with Gasteiger partial charge in [-0.05, 0) is 112 Å². The minimum Gasteiger partial charge on any atom is -0.384 e. The summed E-state index contributed by atoms with van der Waals surface area (Å²) in [5, 5.41) is 21.1. The maximum atomic E-state index is 14.8. The zero-order valence-electron chi connectivity index (χ0n) is 31.6. The number of carbonyl (C=O) groups excluding carboxylic acids is 4. The molecule has 0 bridgehead atoms. The summed E-state index contributed by atoms with van der Waals surface area (Å²) in [5.41, 5.74) is 4.02. The predicted octanol–water partition coefficient (Wildman–Crippen LogP) is 5.08. The summed E-state index contributed by atoms with van der Waals surface area (Å²) in [5.74, 6) is -2.35. The van der Waals surface area contributed by atoms with Crippen LogP contribution in [0.5, 0.6) is 0 Å². The van der Waals surface area contributed by atoms with Crippen LogP contribution in [0, 0.1) is 22.6 Å². The first kappa shape index (κ1) is 39.1. The first-order valence-corrected chi connectivity index (χ1v) is 19.9. The largest absolute Gasteiger partial charge is 0.384 e. The highest BCUT2D eigenvalue weighted by atomic mass is 35.5. The number of piperidine rings is 3. The highest BCUT2D eigenvalue weighted by Crippen LogP contribution is 2.46. The Labute approximate surface area is 331 Å². The number of benzene rings is 3. The van der Waals surface area contributed by atoms with Crippen molar-refractivity contribution in [3.63, 3.8) is 0 Å². The van der Waals surface area contributed by atoms with Gasteiger partial charge in [-0.1, -0.05) is 11.6 Å². The molecule has 12 nitrogen and oxygen atoms in total. The smallest absolute Gasteiger partial charge is 0.254 e. The molecule has 14 heteroatoms. The quantitative estimate of drug-likeness (QED) is 0.163. The molecule has 7 rings (SSSR count). The van der Waals surface area contributed by atoms with E-state index in [1.807, 2.05) is 35.2 Å². The second kappa shape index (κ2) is 16.9. The minimum atomic E-state index is -0.876. The van der Waals surface area contributed by atoms with E-state index in [4.69, 9.17) is 11.6 Å². The molecule has 1 spiro atoms. The third-order valence-electron chi connectivity index (χ3n) is 11.9. The van der Waals surface area contributed by atoms with E-state index in [9.17, 15) is 28.8 Å². The number of likely N-dealkylation sites (tertiary alicyclic amines) is 1. The highest BCUT2D eigenvalue weighted by Gasteiger charge is 2.44. The van der Waals surface area contributed by atoms with E-state index >= 15 is 0 Å². The third-order valence-corrected chi connectivity index (χ3v) is 12.2. The molecule has 0 radical (unpaired) electrons. The summed E-state index contributed by atoms with van der Waals surface area (Å²) < 4.78 is 14.8. The molecule has 3 aromatic rings. The van der Waals surface area contributed by atoms with Crippen LogP contribution in [0.25, 0.3) is 0 Å². The lowest BCUT2D eigenvalue weighted by atomic mass is 9.76. The fraction of sp³-hybridized carbons (Fsp3) is 0.452. The Balaban J connectivity index is 0.811. The molecule has 0 saturated carbocycles. The molecule has 0 unspecified atom stereocenters. The fourth-order valence-electron chi connectivity index (χ4n) is 8.68. The molecule has 4 aliphatic rings. The molecule has 4 aliphatic heterocycles. The normalized spacial score (nSPS) is 21.1. The second-order valence-electron chi connectivity index (χ2n) is 15.6. The van der Waals surface area contributed by atoms with Crippen LogP contribution >= 0.6 is 11.6 Å². The van der Waals surface area contributed by atoms with E-state index in [0.717, 1.165) is 63.1 Å². The Morgan fingerprint density at radius 1 is 0.964 bits per heavy atom. The summed E-state index contributed by atoms with van der Waals surface area (Å²) in [6.07, 6.45) is 5.28. The van der Waals surface area contributed by atoms with Gasteiger partial charge < -0.3 is 30.7 Å². The molecular formula is C42H48ClFN8O4. The minimum absolute atomic E-state index is 0.0495. The van der Waals surface area contributed by atoms with Crippen LogP contribution in [0.1, 0.15) is 78.1 Å². The van der Waals surface area contributed by atoms with Gasteiger partial charge in [0.2, 0.25) is 11.8 Å². The number of rotatable bonds is 10. The number of imide groups is 1. The van der Waals surface area contributed by atoms with E-state index in [-0.39, 0.29) is 41.7 Å². The average molecular weight is 783 g/mol. The van der Waals surface area contributed by atoms with Gasteiger partial charge in [-0.15, -0.1) is 0 Å². The summed E-state index contributed by atoms with van der Waals surface area (Å²) in [7, 11) is 0. The maximum absolute atomic E-state index is 14.8. The monoisotopic (exact) mass is 782 g/mol. The predicted molar refractivity (Wildman–Crippen MR) is 213 cm³/mol. The molecule has 4 heterocycles. The summed E-state index contributed by atoms with van der Waals surface area (Å²) in [6.45, 7) is 7.69. The second-order valence-corrected chi connectivity index (χ2v) is 16.0. The van der Waals surface area contributed by atoms with Crippen LogP contribution < -0.4 is 31.1 Å². The molecule has 4 saturated heterocycles. The number of hydrogen-bond acceptors (Lipinski definition) is 9. The van der Waals surface area contributed by atoms with Gasteiger partial charge >= 0.3 is 0 Å². The van der Waals surface area contributed by atoms with Crippen molar-refractivity contribution in [1.29, 1.82) is 5.26 Å². The van der Waals surface area contributed by atoms with Gasteiger partial charge in [0.1, 0.15) is 17.9 Å². The van der Waals surface area contributed by atoms with E-state index in [2.05, 4.69) is 56.2 Å². The topological polar surface area (TPSA) is 150 Å². The molecule has 0 aliphatic carbocycles. The van der Waals surface area contributed by atoms with Gasteiger partial charge in [-0.25, -0.2) is 4.39 Å². The standard InChI is InChI=1S/C42H48ClFN8O4/c1-27-24-42(26-52(27)33-8-4-29(25-45)35(43)23-33)14-20-50(21-15-42)32-6-2-28(3-7-32)41(56)51-18-12-30(13-19-51)46-16-17-47-31-5-9-34(36(44)22-31)39(54)48-37-10-11-38(53)49-40(37)55/h2-9,22-23,27,30,37,46-47H,10-21,24,26H2,1H3,(H,48,54)(H,49,53,55)/t27-,37+/m1/s1. The molecule has 2 atom stereocenters. The summed E-state index contributed by atoms with van der Waals surface area (Å²) >= 11 is 6.36. The number of carbonyl (C=O) groups is 4. The molecule has 3 aromatic carbocycles. The van der Waals surface area contributed by atoms with Crippen molar-refractivity contribution in [1.82, 2.24) is 20.9 Å². The summed E-state index contributed by atoms with van der Waals surface area (Å²) in [4.78, 5) is 56.0. The van der Waals surface area contributed by atoms with Gasteiger partial charge in [-0.3, -0.25) is 24.5 Å². The highest BCUT2D eigenvalue weighted by molar-refractivity contribution is 6.32. The number of halogens is 2. The van der Waals surface area contributed by atoms with Crippen LogP contribution in [0.2, 0.25) is 5.02 Å². The Morgan fingerprint density at radius 2 is 1.70 bits per heavy atom. The number of nitrogens with one attached hydrogen (secondary N) is 4. The molecule has 4 amide bonds. The van der Waals surface area contributed by atoms with E-state index in [0.29, 0.717) is 54.1 Å². The lowest BCUT2D eigenvalue weighted by Gasteiger charge is -2.40. The molecule has 4 fully saturated rings. The number of anilines is 3. The molecule has 294 valence electrons. The molecular weight excluding hydrogens is 735 g/mol. The van der Waals surface area contributed by atoms with E-state index < -0.39 is 23.7 Å². The lowest BCUT2D eigenvalue weighted by Crippen LogP contribution is -2.52. The average Bonchev–Trinajstić information content (AvgIpc) is 3.52. The Morgan fingerprint density at radius 3 is 2.38 bits per heavy atom. The van der Waals surface area contributed by atoms with Crippen molar-refractivity contribution < 1.29 is 23.6 Å². The van der Waals surface area contributed by atoms with Crippen LogP contribution in [-0.2, 0) is 9.59 Å². The van der Waals surface area contributed by atoms with Gasteiger partial charge in [0, 0.05) is 86.9 Å². The Kier molecular flexibility index (Phi) is 11.8. The third kappa shape index (κ3) is 8.77. The fourth-order valence-corrected chi connectivity index (χ4v) is 8.90. The van der Waals surface area contributed by atoms with Crippen LogP contribution in [0.4, 0.5) is 21.5 Å². The summed E-state index contributed by atoms with van der Waals surface area (Å²) in [6, 6.07) is 20.0. The van der Waals surface area contributed by atoms with E-state index in [1.165, 1.54) is 12.1 Å². The van der Waals surface area contributed by atoms with Crippen molar-refractivity contribution >= 4 is 52.3 Å². The zero-order chi connectivity index (χ0) is 39.4. The van der Waals surface area contributed by atoms with Gasteiger partial charge in [0.05, 0.1) is 16.1 Å². The van der Waals surface area contributed by atoms with Crippen molar-refractivity contribution in [2.75, 3.05) is 60.9 Å². The maximum Gasteiger partial charge on any atom is 0.254 e. The van der Waals surface area contributed by atoms with Crippen LogP contribution in [0.15, 0.2) is 60.7 Å². The van der Waals surface area contributed by atoms with Crippen molar-refractivity contribution in [3.8, 4) is 6.07 Å². The van der Waals surface area contributed by atoms with Crippen LogP contribution in [0.3, 0.4) is 0 Å². The molecule has 56 heavy (non-hydrogen) atoms. The van der Waals surface area contributed by atoms with Crippen molar-refractivity contribution in [2.45, 2.75) is 70.0 Å². The number of nitriles is 1. The molecule has 0 aromatic heterocycles. The van der Waals surface area contributed by atoms with Gasteiger partial charge in [0.25, 0.3) is 11.8 Å². The SMILES string of the molecule is C[C@@H]1CC2(CCN(c3ccc(C(=O)N4CCC(NCCNc5ccc(C(=O)N[C@H]6CCC(=O)NC6=O)c(F)c5)CC4)cc3)CC2)CN1c1ccc(C#N)c(Cl)c1. The van der Waals surface area contributed by atoms with Crippen molar-refractivity contribution in [2.24, 2.45) is 5.41 Å². The van der Waals surface area contributed by atoms with Gasteiger partial charge in [0.15, 0.2) is 0 Å². The Bertz CT molecular complexity index is 2010. The Hall–Kier alpha value is -5.19. The number of amides is 4. The number of hydrogen-bond donors (Lipinski definition) is 4. The first-order chi connectivity index (χ1) is 27.0. The van der Waals surface area contributed by atoms with Crippen molar-refractivity contribution in [3.05, 3.63) is 88.2 Å². The van der Waals surface area contributed by atoms with Gasteiger partial charge in [-0.2, -0.15) is 5.26 Å². The van der Waals surface area contributed by atoms with E-state index in [1.54, 1.807) is 6.07 Å². The molecule has 4 N–H and O–H groups in total. The zero-order valence-corrected chi connectivity index (χ0v) is 32.3. The number of nitrogens with zero attached hydrogens (tertiary/aromatic N) is 4.